The first kappa shape index (κ1) is 13.3. The van der Waals surface area contributed by atoms with E-state index in [1.165, 1.54) is 0 Å². The molecule has 0 unspecified atom stereocenters. The highest BCUT2D eigenvalue weighted by molar-refractivity contribution is 5.74. The maximum absolute atomic E-state index is 11.6. The van der Waals surface area contributed by atoms with E-state index in [1.807, 2.05) is 11.8 Å². The van der Waals surface area contributed by atoms with Gasteiger partial charge in [-0.05, 0) is 19.3 Å². The Balaban J connectivity index is 3.79. The molecule has 0 rings (SSSR count). The molecule has 0 aromatic carbocycles. The molecule has 0 radical (unpaired) electrons. The van der Waals surface area contributed by atoms with Crippen LogP contribution in [0.3, 0.4) is 0 Å². The van der Waals surface area contributed by atoms with E-state index in [2.05, 4.69) is 26.1 Å². The van der Waals surface area contributed by atoms with Gasteiger partial charge in [0, 0.05) is 19.6 Å². The second-order valence-electron chi connectivity index (χ2n) is 4.02. The summed E-state index contributed by atoms with van der Waals surface area (Å²) in [7, 11) is 0. The van der Waals surface area contributed by atoms with Crippen LogP contribution in [0, 0.1) is 5.92 Å². The summed E-state index contributed by atoms with van der Waals surface area (Å²) in [4.78, 5) is 13.5. The first-order valence-electron chi connectivity index (χ1n) is 5.64. The molecule has 0 spiro atoms. The molecule has 3 nitrogen and oxygen atoms in total. The van der Waals surface area contributed by atoms with Crippen LogP contribution in [0.1, 0.15) is 40.5 Å². The van der Waals surface area contributed by atoms with Crippen molar-refractivity contribution in [1.82, 2.24) is 10.2 Å². The molecule has 3 heteroatoms. The lowest BCUT2D eigenvalue weighted by Crippen LogP contribution is -2.42. The van der Waals surface area contributed by atoms with E-state index in [-0.39, 0.29) is 6.03 Å². The van der Waals surface area contributed by atoms with Crippen molar-refractivity contribution >= 4 is 6.03 Å². The average Bonchev–Trinajstić information content (AvgIpc) is 2.14. The second-order valence-corrected chi connectivity index (χ2v) is 4.02. The van der Waals surface area contributed by atoms with E-state index in [1.54, 1.807) is 0 Å². The molecule has 0 aromatic heterocycles. The molecule has 1 N–H and O–H groups in total. The summed E-state index contributed by atoms with van der Waals surface area (Å²) in [5.41, 5.74) is 0. The number of nitrogens with one attached hydrogen (secondary N) is 1. The number of carbonyl (C=O) groups is 1. The van der Waals surface area contributed by atoms with Crippen LogP contribution in [-0.4, -0.2) is 30.6 Å². The first-order chi connectivity index (χ1) is 6.61. The number of nitrogens with zero attached hydrogens (tertiary/aromatic N) is 1. The number of urea groups is 1. The average molecular weight is 200 g/mol. The van der Waals surface area contributed by atoms with Crippen LogP contribution in [0.2, 0.25) is 0 Å². The topological polar surface area (TPSA) is 32.3 Å². The fourth-order valence-corrected chi connectivity index (χ4v) is 1.28. The monoisotopic (exact) mass is 200 g/mol. The summed E-state index contributed by atoms with van der Waals surface area (Å²) in [5, 5.41) is 2.93. The Labute approximate surface area is 87.9 Å². The fraction of sp³-hybridized carbons (Fsp3) is 0.909. The Kier molecular flexibility index (Phi) is 7.25. The molecule has 0 heterocycles. The molecule has 0 aliphatic heterocycles. The number of hydrogen-bond acceptors (Lipinski definition) is 1. The number of hydrogen-bond donors (Lipinski definition) is 1. The lowest BCUT2D eigenvalue weighted by molar-refractivity contribution is 0.194. The van der Waals surface area contributed by atoms with E-state index in [4.69, 9.17) is 0 Å². The van der Waals surface area contributed by atoms with Crippen molar-refractivity contribution < 1.29 is 4.79 Å². The maximum Gasteiger partial charge on any atom is 0.317 e. The minimum absolute atomic E-state index is 0.0784. The van der Waals surface area contributed by atoms with Gasteiger partial charge in [-0.25, -0.2) is 4.79 Å². The van der Waals surface area contributed by atoms with Gasteiger partial charge in [0.05, 0.1) is 0 Å². The summed E-state index contributed by atoms with van der Waals surface area (Å²) in [6, 6.07) is 0.0784. The molecular weight excluding hydrogens is 176 g/mol. The molecule has 0 aromatic rings. The van der Waals surface area contributed by atoms with Crippen molar-refractivity contribution in [3.8, 4) is 0 Å². The van der Waals surface area contributed by atoms with Gasteiger partial charge in [0.15, 0.2) is 0 Å². The van der Waals surface area contributed by atoms with E-state index in [9.17, 15) is 4.79 Å². The van der Waals surface area contributed by atoms with E-state index < -0.39 is 0 Å². The SMILES string of the molecule is CCCCNC(=O)N(CC)CC(C)C. The molecule has 0 fully saturated rings. The highest BCUT2D eigenvalue weighted by atomic mass is 16.2. The Bertz CT molecular complexity index is 157. The minimum Gasteiger partial charge on any atom is -0.338 e. The van der Waals surface area contributed by atoms with Crippen molar-refractivity contribution in [1.29, 1.82) is 0 Å². The van der Waals surface area contributed by atoms with Crippen molar-refractivity contribution in [2.24, 2.45) is 5.92 Å². The van der Waals surface area contributed by atoms with Gasteiger partial charge in [-0.1, -0.05) is 27.2 Å². The Morgan fingerprint density at radius 1 is 1.36 bits per heavy atom. The van der Waals surface area contributed by atoms with Gasteiger partial charge in [-0.3, -0.25) is 0 Å². The van der Waals surface area contributed by atoms with Gasteiger partial charge >= 0.3 is 6.03 Å². The van der Waals surface area contributed by atoms with E-state index in [0.29, 0.717) is 5.92 Å². The van der Waals surface area contributed by atoms with Crippen LogP contribution in [0.4, 0.5) is 4.79 Å². The molecular formula is C11H24N2O. The number of amides is 2. The lowest BCUT2D eigenvalue weighted by Gasteiger charge is -2.23. The Hall–Kier alpha value is -0.730. The smallest absolute Gasteiger partial charge is 0.317 e. The van der Waals surface area contributed by atoms with Crippen LogP contribution in [0.15, 0.2) is 0 Å². The third-order valence-corrected chi connectivity index (χ3v) is 2.06. The summed E-state index contributed by atoms with van der Waals surface area (Å²) >= 11 is 0. The predicted molar refractivity (Wildman–Crippen MR) is 60.4 cm³/mol. The van der Waals surface area contributed by atoms with Gasteiger partial charge in [-0.15, -0.1) is 0 Å². The van der Waals surface area contributed by atoms with Gasteiger partial charge in [0.25, 0.3) is 0 Å². The summed E-state index contributed by atoms with van der Waals surface area (Å²) < 4.78 is 0. The fourth-order valence-electron chi connectivity index (χ4n) is 1.28. The molecule has 0 atom stereocenters. The zero-order valence-corrected chi connectivity index (χ0v) is 9.97. The predicted octanol–water partition coefficient (Wildman–Crippen LogP) is 2.47. The Morgan fingerprint density at radius 2 is 2.00 bits per heavy atom. The maximum atomic E-state index is 11.6. The van der Waals surface area contributed by atoms with Crippen molar-refractivity contribution in [2.45, 2.75) is 40.5 Å². The molecule has 0 aliphatic rings. The third-order valence-electron chi connectivity index (χ3n) is 2.06. The molecule has 84 valence electrons. The first-order valence-corrected chi connectivity index (χ1v) is 5.64. The quantitative estimate of drug-likeness (QED) is 0.656. The highest BCUT2D eigenvalue weighted by Crippen LogP contribution is 1.98. The second kappa shape index (κ2) is 7.65. The normalized spacial score (nSPS) is 10.4. The molecule has 0 saturated heterocycles. The third kappa shape index (κ3) is 5.84. The molecule has 0 bridgehead atoms. The Morgan fingerprint density at radius 3 is 2.43 bits per heavy atom. The molecule has 2 amide bonds. The van der Waals surface area contributed by atoms with E-state index >= 15 is 0 Å². The summed E-state index contributed by atoms with van der Waals surface area (Å²) in [6.07, 6.45) is 2.18. The van der Waals surface area contributed by atoms with Gasteiger partial charge in [0.1, 0.15) is 0 Å². The van der Waals surface area contributed by atoms with Crippen LogP contribution < -0.4 is 5.32 Å². The van der Waals surface area contributed by atoms with Gasteiger partial charge < -0.3 is 10.2 Å². The van der Waals surface area contributed by atoms with Crippen molar-refractivity contribution in [2.75, 3.05) is 19.6 Å². The van der Waals surface area contributed by atoms with Crippen molar-refractivity contribution in [3.63, 3.8) is 0 Å². The summed E-state index contributed by atoms with van der Waals surface area (Å²) in [5.74, 6) is 0.534. The van der Waals surface area contributed by atoms with Crippen LogP contribution in [-0.2, 0) is 0 Å². The zero-order valence-electron chi connectivity index (χ0n) is 9.97. The van der Waals surface area contributed by atoms with E-state index in [0.717, 1.165) is 32.5 Å². The minimum atomic E-state index is 0.0784. The molecule has 0 saturated carbocycles. The van der Waals surface area contributed by atoms with Gasteiger partial charge in [0.2, 0.25) is 0 Å². The van der Waals surface area contributed by atoms with Crippen LogP contribution in [0.25, 0.3) is 0 Å². The van der Waals surface area contributed by atoms with Crippen LogP contribution >= 0.6 is 0 Å². The number of rotatable bonds is 6. The van der Waals surface area contributed by atoms with Crippen LogP contribution in [0.5, 0.6) is 0 Å². The van der Waals surface area contributed by atoms with Gasteiger partial charge in [-0.2, -0.15) is 0 Å². The number of unbranched alkanes of at least 4 members (excludes halogenated alkanes) is 1. The number of carbonyl (C=O) groups excluding carboxylic acids is 1. The zero-order chi connectivity index (χ0) is 11.0. The standard InChI is InChI=1S/C11H24N2O/c1-5-7-8-12-11(14)13(6-2)9-10(3)4/h10H,5-9H2,1-4H3,(H,12,14). The molecule has 14 heavy (non-hydrogen) atoms. The molecule has 0 aliphatic carbocycles. The largest absolute Gasteiger partial charge is 0.338 e. The highest BCUT2D eigenvalue weighted by Gasteiger charge is 2.11. The van der Waals surface area contributed by atoms with Crippen molar-refractivity contribution in [3.05, 3.63) is 0 Å². The summed E-state index contributed by atoms with van der Waals surface area (Å²) in [6.45, 7) is 10.8. The lowest BCUT2D eigenvalue weighted by atomic mass is 10.2.